The van der Waals surface area contributed by atoms with Crippen LogP contribution in [-0.2, 0) is 24.2 Å². The standard InChI is InChI=1S/C13H24N2O5S/c1-2-3-4-5-14-12(16)11-20-13(17)10-15-6-8-21(18,19)9-7-15/h2-11H2,1H3,(H,14,16). The number of esters is 1. The first-order chi connectivity index (χ1) is 9.93. The number of carbonyl (C=O) groups is 2. The van der Waals surface area contributed by atoms with E-state index in [1.165, 1.54) is 0 Å². The van der Waals surface area contributed by atoms with E-state index in [-0.39, 0.29) is 30.6 Å². The van der Waals surface area contributed by atoms with Crippen LogP contribution in [0.2, 0.25) is 0 Å². The average molecular weight is 320 g/mol. The van der Waals surface area contributed by atoms with E-state index < -0.39 is 15.8 Å². The Morgan fingerprint density at radius 3 is 2.48 bits per heavy atom. The van der Waals surface area contributed by atoms with Crippen molar-refractivity contribution in [3.63, 3.8) is 0 Å². The van der Waals surface area contributed by atoms with Crippen molar-refractivity contribution >= 4 is 21.7 Å². The lowest BCUT2D eigenvalue weighted by Gasteiger charge is -2.25. The molecule has 1 fully saturated rings. The zero-order valence-electron chi connectivity index (χ0n) is 12.5. The van der Waals surface area contributed by atoms with E-state index in [0.29, 0.717) is 19.6 Å². The van der Waals surface area contributed by atoms with Gasteiger partial charge in [0.15, 0.2) is 16.4 Å². The molecule has 0 atom stereocenters. The third kappa shape index (κ3) is 8.01. The van der Waals surface area contributed by atoms with Crippen LogP contribution in [-0.4, -0.2) is 69.5 Å². The number of nitrogens with one attached hydrogen (secondary N) is 1. The molecule has 0 radical (unpaired) electrons. The Bertz CT molecular complexity index is 435. The Labute approximate surface area is 125 Å². The van der Waals surface area contributed by atoms with Gasteiger partial charge in [-0.1, -0.05) is 19.8 Å². The highest BCUT2D eigenvalue weighted by atomic mass is 32.2. The molecule has 1 heterocycles. The molecule has 0 unspecified atom stereocenters. The number of carbonyl (C=O) groups excluding carboxylic acids is 2. The van der Waals surface area contributed by atoms with E-state index in [1.54, 1.807) is 4.90 Å². The zero-order chi connectivity index (χ0) is 15.7. The van der Waals surface area contributed by atoms with Gasteiger partial charge >= 0.3 is 5.97 Å². The molecule has 21 heavy (non-hydrogen) atoms. The summed E-state index contributed by atoms with van der Waals surface area (Å²) >= 11 is 0. The molecular formula is C13H24N2O5S. The summed E-state index contributed by atoms with van der Waals surface area (Å²) in [7, 11) is -2.95. The molecule has 0 saturated carbocycles. The highest BCUT2D eigenvalue weighted by Crippen LogP contribution is 2.03. The molecular weight excluding hydrogens is 296 g/mol. The molecule has 1 N–H and O–H groups in total. The van der Waals surface area contributed by atoms with Crippen molar-refractivity contribution in [2.75, 3.05) is 44.3 Å². The first-order valence-electron chi connectivity index (χ1n) is 7.28. The molecule has 0 spiro atoms. The fraction of sp³-hybridized carbons (Fsp3) is 0.846. The van der Waals surface area contributed by atoms with Crippen LogP contribution in [0, 0.1) is 0 Å². The normalized spacial score (nSPS) is 18.1. The summed E-state index contributed by atoms with van der Waals surface area (Å²) in [6.07, 6.45) is 3.05. The number of nitrogens with zero attached hydrogens (tertiary/aromatic N) is 1. The maximum Gasteiger partial charge on any atom is 0.320 e. The van der Waals surface area contributed by atoms with Crippen molar-refractivity contribution in [2.24, 2.45) is 0 Å². The molecule has 8 heteroatoms. The van der Waals surface area contributed by atoms with E-state index in [4.69, 9.17) is 4.74 Å². The Balaban J connectivity index is 2.12. The van der Waals surface area contributed by atoms with Gasteiger partial charge in [-0.3, -0.25) is 14.5 Å². The van der Waals surface area contributed by atoms with Crippen LogP contribution in [0.5, 0.6) is 0 Å². The summed E-state index contributed by atoms with van der Waals surface area (Å²) in [6, 6.07) is 0. The molecule has 0 aromatic rings. The van der Waals surface area contributed by atoms with E-state index in [9.17, 15) is 18.0 Å². The first-order valence-corrected chi connectivity index (χ1v) is 9.10. The van der Waals surface area contributed by atoms with Crippen LogP contribution in [0.1, 0.15) is 26.2 Å². The Kier molecular flexibility index (Phi) is 7.66. The summed E-state index contributed by atoms with van der Waals surface area (Å²) < 4.78 is 27.4. The molecule has 122 valence electrons. The van der Waals surface area contributed by atoms with Crippen molar-refractivity contribution < 1.29 is 22.7 Å². The minimum Gasteiger partial charge on any atom is -0.455 e. The number of hydrogen-bond donors (Lipinski definition) is 1. The van der Waals surface area contributed by atoms with E-state index in [0.717, 1.165) is 19.3 Å². The summed E-state index contributed by atoms with van der Waals surface area (Å²) in [4.78, 5) is 24.7. The average Bonchev–Trinajstić information content (AvgIpc) is 2.44. The molecule has 1 saturated heterocycles. The number of ether oxygens (including phenoxy) is 1. The highest BCUT2D eigenvalue weighted by molar-refractivity contribution is 7.91. The molecule has 1 amide bonds. The lowest BCUT2D eigenvalue weighted by molar-refractivity contribution is -0.149. The SMILES string of the molecule is CCCCCNC(=O)COC(=O)CN1CCS(=O)(=O)CC1. The fourth-order valence-corrected chi connectivity index (χ4v) is 3.21. The summed E-state index contributed by atoms with van der Waals surface area (Å²) in [5.41, 5.74) is 0. The largest absolute Gasteiger partial charge is 0.455 e. The number of unbranched alkanes of at least 4 members (excludes halogenated alkanes) is 2. The molecule has 1 aliphatic heterocycles. The van der Waals surface area contributed by atoms with Crippen LogP contribution in [0.3, 0.4) is 0 Å². The Morgan fingerprint density at radius 1 is 1.19 bits per heavy atom. The van der Waals surface area contributed by atoms with Crippen LogP contribution in [0.25, 0.3) is 0 Å². The maximum atomic E-state index is 11.6. The predicted molar refractivity (Wildman–Crippen MR) is 78.6 cm³/mol. The van der Waals surface area contributed by atoms with E-state index >= 15 is 0 Å². The van der Waals surface area contributed by atoms with Crippen LogP contribution in [0.15, 0.2) is 0 Å². The van der Waals surface area contributed by atoms with Crippen molar-refractivity contribution in [1.82, 2.24) is 10.2 Å². The second-order valence-electron chi connectivity index (χ2n) is 5.15. The second-order valence-corrected chi connectivity index (χ2v) is 7.45. The topological polar surface area (TPSA) is 92.8 Å². The second kappa shape index (κ2) is 8.99. The molecule has 1 rings (SSSR count). The van der Waals surface area contributed by atoms with Crippen LogP contribution in [0.4, 0.5) is 0 Å². The highest BCUT2D eigenvalue weighted by Gasteiger charge is 2.23. The quantitative estimate of drug-likeness (QED) is 0.482. The minimum absolute atomic E-state index is 0.0264. The van der Waals surface area contributed by atoms with Crippen molar-refractivity contribution in [3.05, 3.63) is 0 Å². The van der Waals surface area contributed by atoms with Crippen LogP contribution < -0.4 is 5.32 Å². The maximum absolute atomic E-state index is 11.6. The van der Waals surface area contributed by atoms with Gasteiger partial charge in [0.2, 0.25) is 0 Å². The molecule has 7 nitrogen and oxygen atoms in total. The molecule has 0 aromatic heterocycles. The molecule has 1 aliphatic rings. The van der Waals surface area contributed by atoms with Gasteiger partial charge in [-0.2, -0.15) is 0 Å². The van der Waals surface area contributed by atoms with Gasteiger partial charge in [0.25, 0.3) is 5.91 Å². The van der Waals surface area contributed by atoms with Gasteiger partial charge in [0.05, 0.1) is 18.1 Å². The van der Waals surface area contributed by atoms with E-state index in [2.05, 4.69) is 12.2 Å². The smallest absolute Gasteiger partial charge is 0.320 e. The summed E-state index contributed by atoms with van der Waals surface area (Å²) in [5.74, 6) is -0.671. The predicted octanol–water partition coefficient (Wildman–Crippen LogP) is -0.434. The van der Waals surface area contributed by atoms with Gasteiger partial charge < -0.3 is 10.1 Å². The number of rotatable bonds is 8. The Hall–Kier alpha value is -1.15. The third-order valence-corrected chi connectivity index (χ3v) is 4.87. The molecule has 0 bridgehead atoms. The first kappa shape index (κ1) is 17.9. The number of amides is 1. The summed E-state index contributed by atoms with van der Waals surface area (Å²) in [6.45, 7) is 3.08. The monoisotopic (exact) mass is 320 g/mol. The molecule has 0 aromatic carbocycles. The van der Waals surface area contributed by atoms with Crippen molar-refractivity contribution in [3.8, 4) is 0 Å². The zero-order valence-corrected chi connectivity index (χ0v) is 13.3. The summed E-state index contributed by atoms with van der Waals surface area (Å²) in [5, 5.41) is 2.68. The number of sulfone groups is 1. The third-order valence-electron chi connectivity index (χ3n) is 3.26. The van der Waals surface area contributed by atoms with Crippen molar-refractivity contribution in [2.45, 2.75) is 26.2 Å². The van der Waals surface area contributed by atoms with E-state index in [1.807, 2.05) is 0 Å². The van der Waals surface area contributed by atoms with Gasteiger partial charge in [-0.15, -0.1) is 0 Å². The van der Waals surface area contributed by atoms with Gasteiger partial charge in [0.1, 0.15) is 0 Å². The van der Waals surface area contributed by atoms with Crippen molar-refractivity contribution in [1.29, 1.82) is 0 Å². The Morgan fingerprint density at radius 2 is 1.86 bits per heavy atom. The van der Waals surface area contributed by atoms with Gasteiger partial charge in [-0.25, -0.2) is 8.42 Å². The lowest BCUT2D eigenvalue weighted by Crippen LogP contribution is -2.43. The molecule has 0 aliphatic carbocycles. The van der Waals surface area contributed by atoms with Gasteiger partial charge in [0, 0.05) is 19.6 Å². The lowest BCUT2D eigenvalue weighted by atomic mass is 10.2. The van der Waals surface area contributed by atoms with Gasteiger partial charge in [-0.05, 0) is 6.42 Å². The minimum atomic E-state index is -2.95. The van der Waals surface area contributed by atoms with Crippen LogP contribution >= 0.6 is 0 Å². The number of hydrogen-bond acceptors (Lipinski definition) is 6. The fourth-order valence-electron chi connectivity index (χ4n) is 1.94.